The van der Waals surface area contributed by atoms with Crippen LogP contribution in [0.25, 0.3) is 6.08 Å². The molecular weight excluding hydrogens is 406 g/mol. The van der Waals surface area contributed by atoms with Gasteiger partial charge in [0.2, 0.25) is 0 Å². The number of amides is 1. The van der Waals surface area contributed by atoms with E-state index in [0.717, 1.165) is 5.56 Å². The highest BCUT2D eigenvalue weighted by molar-refractivity contribution is 6.02. The van der Waals surface area contributed by atoms with Crippen LogP contribution < -0.4 is 14.8 Å². The van der Waals surface area contributed by atoms with Crippen molar-refractivity contribution in [3.8, 4) is 11.5 Å². The fourth-order valence-electron chi connectivity index (χ4n) is 2.95. The van der Waals surface area contributed by atoms with Gasteiger partial charge in [0.05, 0.1) is 6.61 Å². The molecule has 6 nitrogen and oxygen atoms in total. The van der Waals surface area contributed by atoms with E-state index >= 15 is 0 Å². The Balaban J connectivity index is 1.79. The Bertz CT molecular complexity index is 1100. The molecule has 0 radical (unpaired) electrons. The Kier molecular flexibility index (Phi) is 7.65. The third kappa shape index (κ3) is 6.22. The minimum absolute atomic E-state index is 0.241. The van der Waals surface area contributed by atoms with E-state index in [1.165, 1.54) is 11.6 Å². The van der Waals surface area contributed by atoms with Gasteiger partial charge in [-0.1, -0.05) is 54.1 Å². The summed E-state index contributed by atoms with van der Waals surface area (Å²) in [5.41, 5.74) is 2.89. The second-order valence-corrected chi connectivity index (χ2v) is 7.10. The molecule has 0 aliphatic carbocycles. The lowest BCUT2D eigenvalue weighted by atomic mass is 10.1. The number of aliphatic carboxylic acids is 1. The van der Waals surface area contributed by atoms with Crippen LogP contribution in [-0.2, 0) is 11.4 Å². The Morgan fingerprint density at radius 3 is 2.31 bits per heavy atom. The number of carbonyl (C=O) groups excluding carboxylic acids is 1. The average Bonchev–Trinajstić information content (AvgIpc) is 2.80. The zero-order valence-corrected chi connectivity index (χ0v) is 18.0. The van der Waals surface area contributed by atoms with Crippen LogP contribution in [-0.4, -0.2) is 23.6 Å². The predicted molar refractivity (Wildman–Crippen MR) is 123 cm³/mol. The molecule has 2 N–H and O–H groups in total. The summed E-state index contributed by atoms with van der Waals surface area (Å²) in [6.45, 7) is 4.68. The minimum Gasteiger partial charge on any atom is -0.490 e. The maximum Gasteiger partial charge on any atom is 0.352 e. The second kappa shape index (κ2) is 10.8. The molecule has 0 fully saturated rings. The van der Waals surface area contributed by atoms with Gasteiger partial charge in [0, 0.05) is 5.56 Å². The Morgan fingerprint density at radius 1 is 0.938 bits per heavy atom. The highest BCUT2D eigenvalue weighted by Gasteiger charge is 2.14. The summed E-state index contributed by atoms with van der Waals surface area (Å²) in [5, 5.41) is 12.0. The normalized spacial score (nSPS) is 11.0. The smallest absolute Gasteiger partial charge is 0.352 e. The third-order valence-corrected chi connectivity index (χ3v) is 4.61. The van der Waals surface area contributed by atoms with Gasteiger partial charge in [-0.25, -0.2) is 4.79 Å². The lowest BCUT2D eigenvalue weighted by Crippen LogP contribution is -2.27. The summed E-state index contributed by atoms with van der Waals surface area (Å²) in [6, 6.07) is 21.6. The van der Waals surface area contributed by atoms with Crippen molar-refractivity contribution in [2.75, 3.05) is 6.61 Å². The monoisotopic (exact) mass is 431 g/mol. The van der Waals surface area contributed by atoms with Crippen molar-refractivity contribution in [2.24, 2.45) is 0 Å². The molecule has 6 heteroatoms. The van der Waals surface area contributed by atoms with Gasteiger partial charge in [-0.2, -0.15) is 0 Å². The first-order valence-electron chi connectivity index (χ1n) is 10.2. The number of hydrogen-bond donors (Lipinski definition) is 2. The molecule has 164 valence electrons. The summed E-state index contributed by atoms with van der Waals surface area (Å²) in [6.07, 6.45) is 1.38. The Labute approximate surface area is 187 Å². The molecule has 0 saturated carbocycles. The van der Waals surface area contributed by atoms with Crippen molar-refractivity contribution < 1.29 is 24.2 Å². The number of rotatable bonds is 9. The van der Waals surface area contributed by atoms with Crippen LogP contribution in [0.4, 0.5) is 0 Å². The molecular formula is C26H25NO5. The Hall–Kier alpha value is -4.06. The number of nitrogens with one attached hydrogen (secondary N) is 1. The maximum absolute atomic E-state index is 12.4. The zero-order valence-electron chi connectivity index (χ0n) is 18.0. The molecule has 1 amide bonds. The number of hydrogen-bond acceptors (Lipinski definition) is 4. The van der Waals surface area contributed by atoms with Crippen molar-refractivity contribution in [1.82, 2.24) is 5.32 Å². The quantitative estimate of drug-likeness (QED) is 0.474. The van der Waals surface area contributed by atoms with Crippen LogP contribution in [0.3, 0.4) is 0 Å². The van der Waals surface area contributed by atoms with Crippen LogP contribution in [0, 0.1) is 6.92 Å². The van der Waals surface area contributed by atoms with Crippen LogP contribution in [0.2, 0.25) is 0 Å². The van der Waals surface area contributed by atoms with Gasteiger partial charge in [0.25, 0.3) is 5.91 Å². The molecule has 0 heterocycles. The fraction of sp³-hybridized carbons (Fsp3) is 0.154. The van der Waals surface area contributed by atoms with Crippen LogP contribution in [0.1, 0.15) is 34.0 Å². The van der Waals surface area contributed by atoms with E-state index in [1.54, 1.807) is 48.5 Å². The zero-order chi connectivity index (χ0) is 22.9. The van der Waals surface area contributed by atoms with E-state index in [1.807, 2.05) is 38.1 Å². The molecule has 0 aliphatic rings. The van der Waals surface area contributed by atoms with E-state index < -0.39 is 11.9 Å². The number of ether oxygens (including phenoxy) is 2. The standard InChI is InChI=1S/C26H25NO5/c1-3-31-24-16-20(13-14-23(24)32-17-19-11-9-18(2)10-12-19)15-22(26(29)30)27-25(28)21-7-5-4-6-8-21/h4-16H,3,17H2,1-2H3,(H,27,28)(H,29,30)/b22-15+. The molecule has 3 aromatic carbocycles. The summed E-state index contributed by atoms with van der Waals surface area (Å²) >= 11 is 0. The van der Waals surface area contributed by atoms with E-state index in [2.05, 4.69) is 5.32 Å². The summed E-state index contributed by atoms with van der Waals surface area (Å²) in [7, 11) is 0. The lowest BCUT2D eigenvalue weighted by molar-refractivity contribution is -0.132. The van der Waals surface area contributed by atoms with E-state index in [9.17, 15) is 14.7 Å². The van der Waals surface area contributed by atoms with Crippen molar-refractivity contribution >= 4 is 18.0 Å². The van der Waals surface area contributed by atoms with Crippen LogP contribution in [0.5, 0.6) is 11.5 Å². The number of aryl methyl sites for hydroxylation is 1. The van der Waals surface area contributed by atoms with Crippen LogP contribution in [0.15, 0.2) is 78.5 Å². The van der Waals surface area contributed by atoms with Crippen LogP contribution >= 0.6 is 0 Å². The summed E-state index contributed by atoms with van der Waals surface area (Å²) in [4.78, 5) is 24.0. The highest BCUT2D eigenvalue weighted by atomic mass is 16.5. The van der Waals surface area contributed by atoms with E-state index in [-0.39, 0.29) is 5.70 Å². The highest BCUT2D eigenvalue weighted by Crippen LogP contribution is 2.30. The lowest BCUT2D eigenvalue weighted by Gasteiger charge is -2.13. The molecule has 0 bridgehead atoms. The first-order valence-corrected chi connectivity index (χ1v) is 10.2. The molecule has 0 aromatic heterocycles. The fourth-order valence-corrected chi connectivity index (χ4v) is 2.95. The van der Waals surface area contributed by atoms with E-state index in [4.69, 9.17) is 9.47 Å². The van der Waals surface area contributed by atoms with Crippen molar-refractivity contribution in [3.63, 3.8) is 0 Å². The molecule has 0 spiro atoms. The number of carbonyl (C=O) groups is 2. The molecule has 0 aliphatic heterocycles. The first-order chi connectivity index (χ1) is 15.5. The first kappa shape index (κ1) is 22.6. The summed E-state index contributed by atoms with van der Waals surface area (Å²) < 4.78 is 11.6. The molecule has 32 heavy (non-hydrogen) atoms. The molecule has 3 rings (SSSR count). The minimum atomic E-state index is -1.24. The van der Waals surface area contributed by atoms with Gasteiger partial charge in [0.1, 0.15) is 12.3 Å². The van der Waals surface area contributed by atoms with Crippen molar-refractivity contribution in [2.45, 2.75) is 20.5 Å². The van der Waals surface area contributed by atoms with Gasteiger partial charge in [-0.3, -0.25) is 4.79 Å². The van der Waals surface area contributed by atoms with Crippen molar-refractivity contribution in [1.29, 1.82) is 0 Å². The van der Waals surface area contributed by atoms with Gasteiger partial charge >= 0.3 is 5.97 Å². The average molecular weight is 431 g/mol. The predicted octanol–water partition coefficient (Wildman–Crippen LogP) is 4.83. The van der Waals surface area contributed by atoms with Crippen molar-refractivity contribution in [3.05, 3.63) is 101 Å². The molecule has 0 atom stereocenters. The Morgan fingerprint density at radius 2 is 1.66 bits per heavy atom. The SMILES string of the molecule is CCOc1cc(/C=C(/NC(=O)c2ccccc2)C(=O)O)ccc1OCc1ccc(C)cc1. The maximum atomic E-state index is 12.4. The second-order valence-electron chi connectivity index (χ2n) is 7.10. The van der Waals surface area contributed by atoms with Gasteiger partial charge < -0.3 is 19.9 Å². The van der Waals surface area contributed by atoms with Gasteiger partial charge in [-0.05, 0) is 55.3 Å². The summed E-state index contributed by atoms with van der Waals surface area (Å²) in [5.74, 6) is -0.698. The van der Waals surface area contributed by atoms with Gasteiger partial charge in [-0.15, -0.1) is 0 Å². The largest absolute Gasteiger partial charge is 0.490 e. The number of carboxylic acids is 1. The number of benzene rings is 3. The molecule has 3 aromatic rings. The topological polar surface area (TPSA) is 84.9 Å². The third-order valence-electron chi connectivity index (χ3n) is 4.61. The molecule has 0 saturated heterocycles. The van der Waals surface area contributed by atoms with E-state index in [0.29, 0.717) is 35.8 Å². The molecule has 0 unspecified atom stereocenters. The number of carboxylic acid groups (broad SMARTS) is 1. The van der Waals surface area contributed by atoms with Gasteiger partial charge in [0.15, 0.2) is 11.5 Å².